The molecule has 7 heteroatoms. The summed E-state index contributed by atoms with van der Waals surface area (Å²) >= 11 is 6.37. The van der Waals surface area contributed by atoms with Gasteiger partial charge in [0.25, 0.3) is 6.01 Å². The standard InChI is InChI=1S/C22H16ClFN2O3/c1-12-6-7-15(10-16(12)21(27)28)29-22-25-19-9-14(17(23)11-20(19)26-22)8-13-4-2-3-5-18(13)24/h2-7,9-11H,8H2,1H3,(H,25,26)(H,27,28). The SMILES string of the molecule is Cc1ccc(Oc2nc3cc(Cl)c(Cc4ccccc4F)cc3[nH]2)cc1C(=O)O. The van der Waals surface area contributed by atoms with Crippen LogP contribution >= 0.6 is 11.6 Å². The van der Waals surface area contributed by atoms with Crippen molar-refractivity contribution in [1.29, 1.82) is 0 Å². The molecule has 4 aromatic rings. The lowest BCUT2D eigenvalue weighted by atomic mass is 10.0. The molecule has 0 unspecified atom stereocenters. The fraction of sp³-hybridized carbons (Fsp3) is 0.0909. The third kappa shape index (κ3) is 3.93. The maximum Gasteiger partial charge on any atom is 0.336 e. The van der Waals surface area contributed by atoms with Crippen molar-refractivity contribution in [2.75, 3.05) is 0 Å². The molecule has 0 fully saturated rings. The highest BCUT2D eigenvalue weighted by atomic mass is 35.5. The van der Waals surface area contributed by atoms with Crippen molar-refractivity contribution in [2.24, 2.45) is 0 Å². The van der Waals surface area contributed by atoms with Gasteiger partial charge in [-0.15, -0.1) is 0 Å². The lowest BCUT2D eigenvalue weighted by Gasteiger charge is -2.06. The van der Waals surface area contributed by atoms with Gasteiger partial charge in [0, 0.05) is 11.4 Å². The van der Waals surface area contributed by atoms with Gasteiger partial charge in [-0.3, -0.25) is 0 Å². The first-order chi connectivity index (χ1) is 13.9. The number of carbonyl (C=O) groups is 1. The van der Waals surface area contributed by atoms with E-state index in [1.165, 1.54) is 12.1 Å². The number of halogens is 2. The van der Waals surface area contributed by atoms with Crippen molar-refractivity contribution in [2.45, 2.75) is 13.3 Å². The van der Waals surface area contributed by atoms with Crippen LogP contribution in [0.1, 0.15) is 27.0 Å². The Morgan fingerprint density at radius 1 is 1.17 bits per heavy atom. The summed E-state index contributed by atoms with van der Waals surface area (Å²) in [6.45, 7) is 1.72. The predicted molar refractivity (Wildman–Crippen MR) is 109 cm³/mol. The fourth-order valence-corrected chi connectivity index (χ4v) is 3.31. The number of imidazole rings is 1. The van der Waals surface area contributed by atoms with Crippen molar-refractivity contribution >= 4 is 28.6 Å². The van der Waals surface area contributed by atoms with E-state index in [4.69, 9.17) is 16.3 Å². The van der Waals surface area contributed by atoms with E-state index in [0.717, 1.165) is 5.56 Å². The molecule has 0 radical (unpaired) electrons. The van der Waals surface area contributed by atoms with Crippen LogP contribution in [0, 0.1) is 12.7 Å². The number of nitrogens with zero attached hydrogens (tertiary/aromatic N) is 1. The zero-order valence-electron chi connectivity index (χ0n) is 15.4. The number of carboxylic acids is 1. The summed E-state index contributed by atoms with van der Waals surface area (Å²) in [6, 6.07) is 15.0. The first-order valence-electron chi connectivity index (χ1n) is 8.84. The number of aromatic amines is 1. The molecule has 0 saturated heterocycles. The number of ether oxygens (including phenoxy) is 1. The Labute approximate surface area is 170 Å². The van der Waals surface area contributed by atoms with Gasteiger partial charge in [-0.2, -0.15) is 4.98 Å². The third-order valence-corrected chi connectivity index (χ3v) is 4.97. The Balaban J connectivity index is 1.64. The van der Waals surface area contributed by atoms with Crippen LogP contribution < -0.4 is 4.74 Å². The summed E-state index contributed by atoms with van der Waals surface area (Å²) in [4.78, 5) is 18.7. The number of benzene rings is 3. The second kappa shape index (κ2) is 7.56. The molecule has 2 N–H and O–H groups in total. The number of aromatic nitrogens is 2. The zero-order valence-corrected chi connectivity index (χ0v) is 16.1. The summed E-state index contributed by atoms with van der Waals surface area (Å²) in [5.41, 5.74) is 3.37. The molecule has 0 amide bonds. The van der Waals surface area contributed by atoms with E-state index >= 15 is 0 Å². The van der Waals surface area contributed by atoms with Gasteiger partial charge in [0.05, 0.1) is 16.6 Å². The fourth-order valence-electron chi connectivity index (χ4n) is 3.09. The number of carboxylic acid groups (broad SMARTS) is 1. The summed E-state index contributed by atoms with van der Waals surface area (Å²) in [5.74, 6) is -0.960. The van der Waals surface area contributed by atoms with Gasteiger partial charge in [-0.1, -0.05) is 35.9 Å². The number of fused-ring (bicyclic) bond motifs is 1. The van der Waals surface area contributed by atoms with Crippen LogP contribution in [0.4, 0.5) is 4.39 Å². The molecule has 3 aromatic carbocycles. The highest BCUT2D eigenvalue weighted by molar-refractivity contribution is 6.32. The molecule has 0 bridgehead atoms. The zero-order chi connectivity index (χ0) is 20.5. The Hall–Kier alpha value is -3.38. The van der Waals surface area contributed by atoms with E-state index < -0.39 is 5.97 Å². The Morgan fingerprint density at radius 2 is 1.97 bits per heavy atom. The van der Waals surface area contributed by atoms with Gasteiger partial charge < -0.3 is 14.8 Å². The first kappa shape index (κ1) is 19.0. The molecule has 0 aliphatic heterocycles. The summed E-state index contributed by atoms with van der Waals surface area (Å²) in [5, 5.41) is 9.73. The molecule has 5 nitrogen and oxygen atoms in total. The molecule has 29 heavy (non-hydrogen) atoms. The lowest BCUT2D eigenvalue weighted by molar-refractivity contribution is 0.0695. The Kier molecular flexibility index (Phi) is 4.94. The average molecular weight is 411 g/mol. The largest absolute Gasteiger partial charge is 0.478 e. The topological polar surface area (TPSA) is 75.2 Å². The second-order valence-corrected chi connectivity index (χ2v) is 7.06. The van der Waals surface area contributed by atoms with Crippen LogP contribution in [0.15, 0.2) is 54.6 Å². The number of H-pyrrole nitrogens is 1. The molecule has 0 spiro atoms. The molecule has 0 saturated carbocycles. The molecule has 4 rings (SSSR count). The minimum absolute atomic E-state index is 0.161. The molecule has 0 atom stereocenters. The number of hydrogen-bond acceptors (Lipinski definition) is 3. The number of hydrogen-bond donors (Lipinski definition) is 2. The molecular formula is C22H16ClFN2O3. The van der Waals surface area contributed by atoms with Gasteiger partial charge in [0.1, 0.15) is 11.6 Å². The molecule has 1 aromatic heterocycles. The van der Waals surface area contributed by atoms with Crippen molar-refractivity contribution in [3.05, 3.63) is 87.7 Å². The molecule has 0 aliphatic carbocycles. The average Bonchev–Trinajstić information content (AvgIpc) is 3.06. The van der Waals surface area contributed by atoms with Crippen molar-refractivity contribution in [3.63, 3.8) is 0 Å². The third-order valence-electron chi connectivity index (χ3n) is 4.62. The summed E-state index contributed by atoms with van der Waals surface area (Å²) in [7, 11) is 0. The maximum absolute atomic E-state index is 14.0. The first-order valence-corrected chi connectivity index (χ1v) is 9.22. The highest BCUT2D eigenvalue weighted by Crippen LogP contribution is 2.29. The quantitative estimate of drug-likeness (QED) is 0.439. The second-order valence-electron chi connectivity index (χ2n) is 6.65. The summed E-state index contributed by atoms with van der Waals surface area (Å²) < 4.78 is 19.7. The van der Waals surface area contributed by atoms with Crippen LogP contribution in [-0.2, 0) is 6.42 Å². The van der Waals surface area contributed by atoms with Gasteiger partial charge in [0.2, 0.25) is 0 Å². The van der Waals surface area contributed by atoms with Crippen LogP contribution in [0.3, 0.4) is 0 Å². The van der Waals surface area contributed by atoms with Crippen LogP contribution in [0.2, 0.25) is 5.02 Å². The number of rotatable bonds is 5. The van der Waals surface area contributed by atoms with Crippen LogP contribution in [0.5, 0.6) is 11.8 Å². The number of aryl methyl sites for hydroxylation is 1. The van der Waals surface area contributed by atoms with Gasteiger partial charge >= 0.3 is 5.97 Å². The van der Waals surface area contributed by atoms with E-state index in [1.807, 2.05) is 6.07 Å². The van der Waals surface area contributed by atoms with Crippen molar-refractivity contribution in [3.8, 4) is 11.8 Å². The van der Waals surface area contributed by atoms with E-state index in [-0.39, 0.29) is 17.4 Å². The Morgan fingerprint density at radius 3 is 2.72 bits per heavy atom. The Bertz CT molecular complexity index is 1240. The number of aromatic carboxylic acids is 1. The normalized spacial score (nSPS) is 11.0. The minimum atomic E-state index is -1.03. The minimum Gasteiger partial charge on any atom is -0.478 e. The molecule has 1 heterocycles. The molecule has 146 valence electrons. The highest BCUT2D eigenvalue weighted by Gasteiger charge is 2.13. The summed E-state index contributed by atoms with van der Waals surface area (Å²) in [6.07, 6.45) is 0.344. The van der Waals surface area contributed by atoms with E-state index in [2.05, 4.69) is 9.97 Å². The van der Waals surface area contributed by atoms with Crippen molar-refractivity contribution < 1.29 is 19.0 Å². The smallest absolute Gasteiger partial charge is 0.336 e. The lowest BCUT2D eigenvalue weighted by Crippen LogP contribution is -2.00. The van der Waals surface area contributed by atoms with Gasteiger partial charge in [0.15, 0.2) is 0 Å². The maximum atomic E-state index is 14.0. The van der Waals surface area contributed by atoms with Crippen molar-refractivity contribution in [1.82, 2.24) is 9.97 Å². The van der Waals surface area contributed by atoms with Gasteiger partial charge in [-0.05, 0) is 53.9 Å². The molecular weight excluding hydrogens is 395 g/mol. The van der Waals surface area contributed by atoms with Crippen LogP contribution in [-0.4, -0.2) is 21.0 Å². The molecule has 0 aliphatic rings. The van der Waals surface area contributed by atoms with E-state index in [0.29, 0.717) is 39.4 Å². The van der Waals surface area contributed by atoms with Crippen LogP contribution in [0.25, 0.3) is 11.0 Å². The van der Waals surface area contributed by atoms with Gasteiger partial charge in [-0.25, -0.2) is 9.18 Å². The predicted octanol–water partition coefficient (Wildman–Crippen LogP) is 5.75. The number of nitrogens with one attached hydrogen (secondary N) is 1. The monoisotopic (exact) mass is 410 g/mol. The van der Waals surface area contributed by atoms with E-state index in [9.17, 15) is 14.3 Å². The van der Waals surface area contributed by atoms with E-state index in [1.54, 1.807) is 43.3 Å².